The van der Waals surface area contributed by atoms with E-state index in [0.29, 0.717) is 5.92 Å². The molecule has 1 saturated heterocycles. The number of rotatable bonds is 2. The fraction of sp³-hybridized carbons (Fsp3) is 0.714. The van der Waals surface area contributed by atoms with Crippen LogP contribution in [0, 0.1) is 6.92 Å². The normalized spacial score (nSPS) is 23.6. The van der Waals surface area contributed by atoms with Crippen LogP contribution in [0.25, 0.3) is 0 Å². The highest BCUT2D eigenvalue weighted by atomic mass is 15.2. The number of aryl methyl sites for hydroxylation is 1. The summed E-state index contributed by atoms with van der Waals surface area (Å²) in [7, 11) is 0. The van der Waals surface area contributed by atoms with Crippen molar-refractivity contribution in [3.63, 3.8) is 0 Å². The van der Waals surface area contributed by atoms with Crippen LogP contribution in [0.2, 0.25) is 0 Å². The van der Waals surface area contributed by atoms with Crippen molar-refractivity contribution in [2.75, 3.05) is 13.1 Å². The molecule has 1 aromatic rings. The summed E-state index contributed by atoms with van der Waals surface area (Å²) in [6.07, 6.45) is 11.0. The number of hydrogen-bond acceptors (Lipinski definition) is 3. The molecule has 0 radical (unpaired) electrons. The average Bonchev–Trinajstić information content (AvgIpc) is 2.31. The minimum Gasteiger partial charge on any atom is -0.299 e. The monoisotopic (exact) mass is 231 g/mol. The zero-order valence-corrected chi connectivity index (χ0v) is 10.6. The summed E-state index contributed by atoms with van der Waals surface area (Å²) in [6, 6.07) is 0.852. The Balaban J connectivity index is 1.55. The lowest BCUT2D eigenvalue weighted by Crippen LogP contribution is -2.51. The summed E-state index contributed by atoms with van der Waals surface area (Å²) in [5.74, 6) is 1.63. The van der Waals surface area contributed by atoms with Gasteiger partial charge in [-0.3, -0.25) is 4.90 Å². The summed E-state index contributed by atoms with van der Waals surface area (Å²) in [5, 5.41) is 0. The van der Waals surface area contributed by atoms with E-state index in [2.05, 4.69) is 14.9 Å². The van der Waals surface area contributed by atoms with Gasteiger partial charge >= 0.3 is 0 Å². The molecular formula is C14H21N3. The second kappa shape index (κ2) is 4.73. The molecule has 2 aliphatic rings. The SMILES string of the molecule is Cc1cnc(C2CN(C3CCCCC3)C2)nc1. The van der Waals surface area contributed by atoms with Crippen LogP contribution >= 0.6 is 0 Å². The van der Waals surface area contributed by atoms with Gasteiger partial charge < -0.3 is 0 Å². The summed E-state index contributed by atoms with van der Waals surface area (Å²) in [4.78, 5) is 11.5. The minimum atomic E-state index is 0.581. The van der Waals surface area contributed by atoms with Crippen molar-refractivity contribution >= 4 is 0 Å². The molecule has 2 fully saturated rings. The Kier molecular flexibility index (Phi) is 3.10. The minimum absolute atomic E-state index is 0.581. The summed E-state index contributed by atoms with van der Waals surface area (Å²) in [5.41, 5.74) is 1.15. The third-order valence-electron chi connectivity index (χ3n) is 4.17. The van der Waals surface area contributed by atoms with Crippen LogP contribution in [0.15, 0.2) is 12.4 Å². The number of nitrogens with zero attached hydrogens (tertiary/aromatic N) is 3. The highest BCUT2D eigenvalue weighted by Crippen LogP contribution is 2.31. The van der Waals surface area contributed by atoms with Crippen molar-refractivity contribution in [1.29, 1.82) is 0 Å². The van der Waals surface area contributed by atoms with E-state index in [1.807, 2.05) is 19.3 Å². The van der Waals surface area contributed by atoms with Crippen molar-refractivity contribution in [3.05, 3.63) is 23.8 Å². The maximum absolute atomic E-state index is 4.44. The maximum atomic E-state index is 4.44. The second-order valence-electron chi connectivity index (χ2n) is 5.56. The molecule has 1 aliphatic carbocycles. The molecule has 2 heterocycles. The molecule has 0 spiro atoms. The first-order valence-corrected chi connectivity index (χ1v) is 6.85. The smallest absolute Gasteiger partial charge is 0.133 e. The standard InChI is InChI=1S/C14H21N3/c1-11-7-15-14(16-8-11)12-9-17(10-12)13-5-3-2-4-6-13/h7-8,12-13H,2-6,9-10H2,1H3. The van der Waals surface area contributed by atoms with Gasteiger partial charge in [-0.05, 0) is 25.3 Å². The van der Waals surface area contributed by atoms with Crippen LogP contribution in [-0.2, 0) is 0 Å². The Bertz CT molecular complexity index is 362. The topological polar surface area (TPSA) is 29.0 Å². The quantitative estimate of drug-likeness (QED) is 0.783. The van der Waals surface area contributed by atoms with Gasteiger partial charge in [0.15, 0.2) is 0 Å². The zero-order valence-electron chi connectivity index (χ0n) is 10.6. The molecule has 0 amide bonds. The van der Waals surface area contributed by atoms with Crippen LogP contribution in [0.4, 0.5) is 0 Å². The molecule has 3 nitrogen and oxygen atoms in total. The van der Waals surface area contributed by atoms with Gasteiger partial charge in [-0.25, -0.2) is 9.97 Å². The molecule has 0 unspecified atom stereocenters. The van der Waals surface area contributed by atoms with Gasteiger partial charge in [0.2, 0.25) is 0 Å². The van der Waals surface area contributed by atoms with Gasteiger partial charge in [0, 0.05) is 37.4 Å². The summed E-state index contributed by atoms with van der Waals surface area (Å²) >= 11 is 0. The first-order chi connectivity index (χ1) is 8.33. The van der Waals surface area contributed by atoms with Crippen LogP contribution in [-0.4, -0.2) is 34.0 Å². The van der Waals surface area contributed by atoms with Gasteiger partial charge in [-0.2, -0.15) is 0 Å². The van der Waals surface area contributed by atoms with E-state index in [1.165, 1.54) is 45.2 Å². The molecule has 3 rings (SSSR count). The summed E-state index contributed by atoms with van der Waals surface area (Å²) < 4.78 is 0. The highest BCUT2D eigenvalue weighted by molar-refractivity contribution is 5.09. The third-order valence-corrected chi connectivity index (χ3v) is 4.17. The first kappa shape index (κ1) is 11.1. The third kappa shape index (κ3) is 2.34. The van der Waals surface area contributed by atoms with E-state index < -0.39 is 0 Å². The molecule has 1 aromatic heterocycles. The predicted molar refractivity (Wildman–Crippen MR) is 68.0 cm³/mol. The first-order valence-electron chi connectivity index (χ1n) is 6.85. The summed E-state index contributed by atoms with van der Waals surface area (Å²) in [6.45, 7) is 4.39. The van der Waals surface area contributed by atoms with Crippen molar-refractivity contribution in [2.45, 2.75) is 51.0 Å². The molecule has 0 atom stereocenters. The number of aromatic nitrogens is 2. The van der Waals surface area contributed by atoms with Crippen molar-refractivity contribution in [2.24, 2.45) is 0 Å². The molecule has 92 valence electrons. The zero-order chi connectivity index (χ0) is 11.7. The van der Waals surface area contributed by atoms with Crippen LogP contribution < -0.4 is 0 Å². The molecule has 0 N–H and O–H groups in total. The van der Waals surface area contributed by atoms with Gasteiger partial charge in [-0.1, -0.05) is 19.3 Å². The van der Waals surface area contributed by atoms with E-state index in [9.17, 15) is 0 Å². The Hall–Kier alpha value is -0.960. The fourth-order valence-electron chi connectivity index (χ4n) is 3.03. The van der Waals surface area contributed by atoms with Gasteiger partial charge in [-0.15, -0.1) is 0 Å². The van der Waals surface area contributed by atoms with E-state index in [4.69, 9.17) is 0 Å². The molecule has 3 heteroatoms. The highest BCUT2D eigenvalue weighted by Gasteiger charge is 2.34. The van der Waals surface area contributed by atoms with Crippen molar-refractivity contribution < 1.29 is 0 Å². The molecule has 17 heavy (non-hydrogen) atoms. The Morgan fingerprint density at radius 1 is 1.06 bits per heavy atom. The van der Waals surface area contributed by atoms with E-state index in [1.54, 1.807) is 0 Å². The van der Waals surface area contributed by atoms with Gasteiger partial charge in [0.05, 0.1) is 0 Å². The molecule has 0 bridgehead atoms. The Morgan fingerprint density at radius 3 is 2.35 bits per heavy atom. The number of hydrogen-bond donors (Lipinski definition) is 0. The average molecular weight is 231 g/mol. The molecule has 0 aromatic carbocycles. The predicted octanol–water partition coefficient (Wildman–Crippen LogP) is 2.52. The number of likely N-dealkylation sites (tertiary alicyclic amines) is 1. The van der Waals surface area contributed by atoms with E-state index in [-0.39, 0.29) is 0 Å². The molecule has 1 saturated carbocycles. The lowest BCUT2D eigenvalue weighted by Gasteiger charge is -2.45. The largest absolute Gasteiger partial charge is 0.299 e. The van der Waals surface area contributed by atoms with Crippen LogP contribution in [0.3, 0.4) is 0 Å². The second-order valence-corrected chi connectivity index (χ2v) is 5.56. The van der Waals surface area contributed by atoms with E-state index in [0.717, 1.165) is 17.4 Å². The van der Waals surface area contributed by atoms with Crippen LogP contribution in [0.1, 0.15) is 49.4 Å². The van der Waals surface area contributed by atoms with Gasteiger partial charge in [0.25, 0.3) is 0 Å². The fourth-order valence-corrected chi connectivity index (χ4v) is 3.03. The van der Waals surface area contributed by atoms with Crippen LogP contribution in [0.5, 0.6) is 0 Å². The van der Waals surface area contributed by atoms with Gasteiger partial charge in [0.1, 0.15) is 5.82 Å². The van der Waals surface area contributed by atoms with E-state index >= 15 is 0 Å². The molecular weight excluding hydrogens is 210 g/mol. The van der Waals surface area contributed by atoms with Crippen molar-refractivity contribution in [1.82, 2.24) is 14.9 Å². The maximum Gasteiger partial charge on any atom is 0.133 e. The Morgan fingerprint density at radius 2 is 1.71 bits per heavy atom. The lowest BCUT2D eigenvalue weighted by molar-refractivity contribution is 0.0659. The van der Waals surface area contributed by atoms with Crippen molar-refractivity contribution in [3.8, 4) is 0 Å². The molecule has 1 aliphatic heterocycles. The Labute approximate surface area is 103 Å². The lowest BCUT2D eigenvalue weighted by atomic mass is 9.89.